The number of piperidine rings is 2. The van der Waals surface area contributed by atoms with Crippen molar-refractivity contribution in [2.24, 2.45) is 17.0 Å². The van der Waals surface area contributed by atoms with E-state index in [0.29, 0.717) is 23.8 Å². The molecule has 4 bridgehead atoms. The van der Waals surface area contributed by atoms with Gasteiger partial charge in [0.1, 0.15) is 12.8 Å². The van der Waals surface area contributed by atoms with Crippen LogP contribution in [0.5, 0.6) is 0 Å². The molecule has 5 atom stereocenters. The van der Waals surface area contributed by atoms with Crippen molar-refractivity contribution in [1.29, 1.82) is 0 Å². The van der Waals surface area contributed by atoms with E-state index in [0.717, 1.165) is 35.7 Å². The number of hydrogen-bond acceptors (Lipinski definition) is 6. The van der Waals surface area contributed by atoms with Crippen LogP contribution in [0.2, 0.25) is 0 Å². The molecular weight excluding hydrogens is 492 g/mol. The van der Waals surface area contributed by atoms with Gasteiger partial charge in [-0.3, -0.25) is 14.5 Å². The summed E-state index contributed by atoms with van der Waals surface area (Å²) in [7, 11) is 1.42. The lowest BCUT2D eigenvalue weighted by molar-refractivity contribution is -0.136. The Morgan fingerprint density at radius 2 is 1.62 bits per heavy atom. The number of hydrogen-bond donors (Lipinski definition) is 1. The van der Waals surface area contributed by atoms with Crippen molar-refractivity contribution in [3.63, 3.8) is 0 Å². The van der Waals surface area contributed by atoms with E-state index >= 15 is 0 Å². The Kier molecular flexibility index (Phi) is 7.74. The van der Waals surface area contributed by atoms with Crippen molar-refractivity contribution in [2.45, 2.75) is 114 Å². The minimum absolute atomic E-state index is 0.0878. The van der Waals surface area contributed by atoms with Gasteiger partial charge in [-0.25, -0.2) is 4.98 Å². The summed E-state index contributed by atoms with van der Waals surface area (Å²) in [6.07, 6.45) is 15.4. The van der Waals surface area contributed by atoms with Crippen molar-refractivity contribution >= 4 is 22.7 Å². The molecule has 1 aromatic heterocycles. The summed E-state index contributed by atoms with van der Waals surface area (Å²) in [5.41, 5.74) is 1.90. The molecule has 39 heavy (non-hydrogen) atoms. The Labute approximate surface area is 230 Å². The molecule has 3 unspecified atom stereocenters. The fraction of sp³-hybridized carbons (Fsp3) is 0.677. The molecule has 2 aliphatic carbocycles. The highest BCUT2D eigenvalue weighted by molar-refractivity contribution is 6.00. The highest BCUT2D eigenvalue weighted by Crippen LogP contribution is 2.47. The van der Waals surface area contributed by atoms with Gasteiger partial charge in [0.25, 0.3) is 5.56 Å². The first-order valence-corrected chi connectivity index (χ1v) is 15.1. The lowest BCUT2D eigenvalue weighted by Crippen LogP contribution is -2.58. The van der Waals surface area contributed by atoms with Gasteiger partial charge in [0.2, 0.25) is 0 Å². The van der Waals surface area contributed by atoms with E-state index in [9.17, 15) is 14.7 Å². The standard InChI is InChI=1S/C31H42N4O4/c1-39-33-27(13-14-29(36)37)30-31(38)35(28-12-5-4-11-26(28)32-30)25-18-22-9-6-10-23(19-25)34(22)24-16-20-7-2-3-8-21(15-20)17-24/h4-5,11-12,20-25H,2-3,6-10,13-19H2,1H3,(H,36,37)/t20?,21?,22-,23?,24?,25+/m1/s1. The van der Waals surface area contributed by atoms with Crippen LogP contribution in [-0.4, -0.2) is 56.5 Å². The molecule has 0 amide bonds. The number of fused-ring (bicyclic) bond motifs is 5. The summed E-state index contributed by atoms with van der Waals surface area (Å²) in [5, 5.41) is 13.3. The van der Waals surface area contributed by atoms with Gasteiger partial charge in [-0.05, 0) is 68.9 Å². The second-order valence-electron chi connectivity index (χ2n) is 12.4. The highest BCUT2D eigenvalue weighted by Gasteiger charge is 2.45. The quantitative estimate of drug-likeness (QED) is 0.371. The first-order chi connectivity index (χ1) is 19.0. The second-order valence-corrected chi connectivity index (χ2v) is 12.4. The summed E-state index contributed by atoms with van der Waals surface area (Å²) >= 11 is 0. The zero-order chi connectivity index (χ0) is 26.9. The summed E-state index contributed by atoms with van der Waals surface area (Å²) in [5.74, 6) is 0.851. The third-order valence-corrected chi connectivity index (χ3v) is 9.99. The minimum atomic E-state index is -0.942. The molecule has 8 nitrogen and oxygen atoms in total. The lowest BCUT2D eigenvalue weighted by atomic mass is 9.73. The maximum atomic E-state index is 14.1. The van der Waals surface area contributed by atoms with Crippen LogP contribution in [-0.2, 0) is 9.63 Å². The number of oxime groups is 1. The number of carbonyl (C=O) groups is 1. The van der Waals surface area contributed by atoms with Crippen molar-refractivity contribution in [1.82, 2.24) is 14.5 Å². The van der Waals surface area contributed by atoms with Gasteiger partial charge < -0.3 is 14.5 Å². The monoisotopic (exact) mass is 534 g/mol. The molecule has 2 aromatic rings. The van der Waals surface area contributed by atoms with Gasteiger partial charge in [-0.15, -0.1) is 0 Å². The number of carboxylic acids is 1. The van der Waals surface area contributed by atoms with E-state index in [-0.39, 0.29) is 30.1 Å². The summed E-state index contributed by atoms with van der Waals surface area (Å²) in [6, 6.07) is 9.61. The van der Waals surface area contributed by atoms with E-state index in [1.165, 1.54) is 71.3 Å². The van der Waals surface area contributed by atoms with Gasteiger partial charge in [0.05, 0.1) is 17.5 Å². The fourth-order valence-electron chi connectivity index (χ4n) is 8.55. The summed E-state index contributed by atoms with van der Waals surface area (Å²) < 4.78 is 1.97. The molecule has 0 spiro atoms. The molecule has 4 fully saturated rings. The van der Waals surface area contributed by atoms with E-state index < -0.39 is 5.97 Å². The highest BCUT2D eigenvalue weighted by atomic mass is 16.6. The molecule has 210 valence electrons. The Morgan fingerprint density at radius 1 is 0.923 bits per heavy atom. The molecule has 1 aromatic carbocycles. The molecule has 4 aliphatic rings. The third-order valence-electron chi connectivity index (χ3n) is 9.99. The Balaban J connectivity index is 1.34. The number of rotatable bonds is 7. The summed E-state index contributed by atoms with van der Waals surface area (Å²) in [4.78, 5) is 38.0. The van der Waals surface area contributed by atoms with Crippen LogP contribution in [0.25, 0.3) is 11.0 Å². The number of carboxylic acid groups (broad SMARTS) is 1. The number of nitrogens with zero attached hydrogens (tertiary/aromatic N) is 4. The van der Waals surface area contributed by atoms with Crippen molar-refractivity contribution in [2.75, 3.05) is 7.11 Å². The smallest absolute Gasteiger partial charge is 0.303 e. The van der Waals surface area contributed by atoms with Gasteiger partial charge in [0, 0.05) is 30.6 Å². The molecule has 0 radical (unpaired) electrons. The molecular formula is C31H42N4O4. The molecule has 1 N–H and O–H groups in total. The Morgan fingerprint density at radius 3 is 2.28 bits per heavy atom. The zero-order valence-corrected chi connectivity index (χ0v) is 23.1. The maximum absolute atomic E-state index is 14.1. The van der Waals surface area contributed by atoms with Crippen molar-refractivity contribution in [3.05, 3.63) is 40.3 Å². The van der Waals surface area contributed by atoms with Crippen LogP contribution < -0.4 is 5.56 Å². The van der Waals surface area contributed by atoms with Crippen LogP contribution in [0, 0.1) is 11.8 Å². The molecule has 2 aliphatic heterocycles. The molecule has 2 saturated heterocycles. The van der Waals surface area contributed by atoms with Crippen LogP contribution in [0.4, 0.5) is 0 Å². The van der Waals surface area contributed by atoms with E-state index in [4.69, 9.17) is 4.84 Å². The second kappa shape index (κ2) is 11.4. The number of para-hydroxylation sites is 2. The average molecular weight is 535 g/mol. The van der Waals surface area contributed by atoms with Crippen LogP contribution in [0.15, 0.2) is 34.2 Å². The predicted molar refractivity (Wildman–Crippen MR) is 151 cm³/mol. The topological polar surface area (TPSA) is 97.0 Å². The van der Waals surface area contributed by atoms with Gasteiger partial charge in [-0.2, -0.15) is 0 Å². The minimum Gasteiger partial charge on any atom is -0.481 e. The molecule has 6 rings (SSSR count). The van der Waals surface area contributed by atoms with Crippen molar-refractivity contribution in [3.8, 4) is 0 Å². The third kappa shape index (κ3) is 5.37. The number of aromatic nitrogens is 2. The van der Waals surface area contributed by atoms with Crippen LogP contribution in [0.3, 0.4) is 0 Å². The Bertz CT molecular complexity index is 1260. The molecule has 8 heteroatoms. The van der Waals surface area contributed by atoms with E-state index in [2.05, 4.69) is 15.0 Å². The Hall–Kier alpha value is -2.74. The normalized spacial score (nSPS) is 31.6. The van der Waals surface area contributed by atoms with Crippen LogP contribution >= 0.6 is 0 Å². The van der Waals surface area contributed by atoms with Gasteiger partial charge in [-0.1, -0.05) is 49.4 Å². The van der Waals surface area contributed by atoms with Crippen LogP contribution in [0.1, 0.15) is 102 Å². The summed E-state index contributed by atoms with van der Waals surface area (Å²) in [6.45, 7) is 0. The van der Waals surface area contributed by atoms with E-state index in [1.54, 1.807) is 0 Å². The lowest BCUT2D eigenvalue weighted by Gasteiger charge is -2.54. The van der Waals surface area contributed by atoms with Crippen molar-refractivity contribution < 1.29 is 14.7 Å². The van der Waals surface area contributed by atoms with Gasteiger partial charge >= 0.3 is 5.97 Å². The SMILES string of the molecule is CON=C(CCC(=O)O)c1nc2ccccc2n([C@@H]2CC3CCC[C@H](C2)N3C2CC3CCCCC(C3)C2)c1=O. The average Bonchev–Trinajstić information content (AvgIpc) is 3.09. The fourth-order valence-corrected chi connectivity index (χ4v) is 8.55. The maximum Gasteiger partial charge on any atom is 0.303 e. The number of benzene rings is 1. The number of aliphatic carboxylic acids is 1. The predicted octanol–water partition coefficient (Wildman–Crippen LogP) is 5.53. The molecule has 2 saturated carbocycles. The zero-order valence-electron chi connectivity index (χ0n) is 23.1. The van der Waals surface area contributed by atoms with E-state index in [1.807, 2.05) is 28.8 Å². The first-order valence-electron chi connectivity index (χ1n) is 15.1. The first kappa shape index (κ1) is 26.5. The van der Waals surface area contributed by atoms with Gasteiger partial charge in [0.15, 0.2) is 5.69 Å². The molecule has 3 heterocycles. The largest absolute Gasteiger partial charge is 0.481 e.